The number of aryl methyl sites for hydroxylation is 1. The van der Waals surface area contributed by atoms with Crippen molar-refractivity contribution in [3.63, 3.8) is 0 Å². The molecule has 0 aliphatic carbocycles. The molecule has 15 heavy (non-hydrogen) atoms. The largest absolute Gasteiger partial charge is 0.225 e. The van der Waals surface area contributed by atoms with Gasteiger partial charge in [0.2, 0.25) is 0 Å². The van der Waals surface area contributed by atoms with E-state index >= 15 is 0 Å². The Hall–Kier alpha value is -1.73. The molecule has 0 aliphatic rings. The summed E-state index contributed by atoms with van der Waals surface area (Å²) in [5.74, 6) is -0.226. The monoisotopic (exact) mass is 218 g/mol. The van der Waals surface area contributed by atoms with E-state index in [0.717, 1.165) is 10.6 Å². The molecule has 0 bridgehead atoms. The summed E-state index contributed by atoms with van der Waals surface area (Å²) in [5, 5.41) is 11.1. The molecule has 0 unspecified atom stereocenters. The van der Waals surface area contributed by atoms with Crippen molar-refractivity contribution >= 4 is 11.3 Å². The van der Waals surface area contributed by atoms with Gasteiger partial charge in [-0.25, -0.2) is 9.37 Å². The number of hydrogen-bond acceptors (Lipinski definition) is 3. The fourth-order valence-electron chi connectivity index (χ4n) is 1.24. The van der Waals surface area contributed by atoms with Crippen molar-refractivity contribution in [2.24, 2.45) is 0 Å². The van der Waals surface area contributed by atoms with Gasteiger partial charge < -0.3 is 0 Å². The van der Waals surface area contributed by atoms with Gasteiger partial charge in [-0.15, -0.1) is 11.3 Å². The first kappa shape index (κ1) is 9.81. The number of nitrogens with zero attached hydrogens (tertiary/aromatic N) is 2. The highest BCUT2D eigenvalue weighted by atomic mass is 32.1. The van der Waals surface area contributed by atoms with Crippen LogP contribution in [0.4, 0.5) is 4.39 Å². The number of hydrogen-bond donors (Lipinski definition) is 0. The van der Waals surface area contributed by atoms with E-state index in [1.54, 1.807) is 24.4 Å². The Morgan fingerprint density at radius 3 is 2.87 bits per heavy atom. The highest BCUT2D eigenvalue weighted by molar-refractivity contribution is 7.13. The summed E-state index contributed by atoms with van der Waals surface area (Å²) in [6, 6.07) is 6.78. The first-order valence-electron chi connectivity index (χ1n) is 4.33. The van der Waals surface area contributed by atoms with Crippen LogP contribution in [0.15, 0.2) is 23.6 Å². The molecule has 1 heterocycles. The molecule has 1 aromatic heterocycles. The molecule has 0 saturated heterocycles. The van der Waals surface area contributed by atoms with E-state index in [4.69, 9.17) is 5.26 Å². The summed E-state index contributed by atoms with van der Waals surface area (Å²) in [5.41, 5.74) is 1.83. The second-order valence-corrected chi connectivity index (χ2v) is 3.97. The van der Waals surface area contributed by atoms with Gasteiger partial charge in [0.15, 0.2) is 5.69 Å². The van der Waals surface area contributed by atoms with Crippen molar-refractivity contribution in [2.75, 3.05) is 0 Å². The number of halogens is 1. The van der Waals surface area contributed by atoms with Gasteiger partial charge >= 0.3 is 0 Å². The van der Waals surface area contributed by atoms with Crippen LogP contribution in [-0.2, 0) is 0 Å². The first-order valence-corrected chi connectivity index (χ1v) is 5.21. The van der Waals surface area contributed by atoms with Crippen LogP contribution in [0.5, 0.6) is 0 Å². The third kappa shape index (κ3) is 1.88. The number of nitriles is 1. The molecule has 0 fully saturated rings. The zero-order valence-corrected chi connectivity index (χ0v) is 8.81. The molecule has 2 aromatic rings. The Morgan fingerprint density at radius 2 is 2.27 bits per heavy atom. The van der Waals surface area contributed by atoms with Gasteiger partial charge in [-0.1, -0.05) is 0 Å². The second kappa shape index (κ2) is 3.79. The summed E-state index contributed by atoms with van der Waals surface area (Å²) < 4.78 is 13.0. The lowest BCUT2D eigenvalue weighted by Crippen LogP contribution is -1.84. The maximum Gasteiger partial charge on any atom is 0.152 e. The van der Waals surface area contributed by atoms with Crippen LogP contribution in [0, 0.1) is 24.1 Å². The molecule has 74 valence electrons. The van der Waals surface area contributed by atoms with E-state index in [0.29, 0.717) is 11.3 Å². The molecule has 2 rings (SSSR count). The van der Waals surface area contributed by atoms with Crippen molar-refractivity contribution in [2.45, 2.75) is 6.92 Å². The molecular formula is C11H7FN2S. The van der Waals surface area contributed by atoms with Crippen LogP contribution >= 0.6 is 11.3 Å². The summed E-state index contributed by atoms with van der Waals surface area (Å²) in [7, 11) is 0. The lowest BCUT2D eigenvalue weighted by Gasteiger charge is -1.99. The fourth-order valence-corrected chi connectivity index (χ4v) is 1.98. The van der Waals surface area contributed by atoms with Crippen LogP contribution in [0.25, 0.3) is 10.6 Å². The molecular weight excluding hydrogens is 211 g/mol. The number of thiazole rings is 1. The third-order valence-electron chi connectivity index (χ3n) is 2.02. The Labute approximate surface area is 90.6 Å². The Balaban J connectivity index is 2.46. The molecule has 0 saturated carbocycles. The topological polar surface area (TPSA) is 36.7 Å². The first-order chi connectivity index (χ1) is 7.20. The molecule has 0 amide bonds. The van der Waals surface area contributed by atoms with E-state index in [9.17, 15) is 4.39 Å². The molecule has 2 nitrogen and oxygen atoms in total. The predicted octanol–water partition coefficient (Wildman–Crippen LogP) is 3.13. The van der Waals surface area contributed by atoms with Gasteiger partial charge in [0.05, 0.1) is 0 Å². The molecule has 0 aliphatic heterocycles. The van der Waals surface area contributed by atoms with Crippen molar-refractivity contribution in [3.05, 3.63) is 40.7 Å². The molecule has 4 heteroatoms. The average molecular weight is 218 g/mol. The van der Waals surface area contributed by atoms with E-state index in [2.05, 4.69) is 4.98 Å². The maximum absolute atomic E-state index is 13.0. The fraction of sp³-hybridized carbons (Fsp3) is 0.0909. The van der Waals surface area contributed by atoms with Gasteiger partial charge in [-0.2, -0.15) is 5.26 Å². The Kier molecular flexibility index (Phi) is 2.48. The lowest BCUT2D eigenvalue weighted by molar-refractivity contribution is 0.619. The zero-order chi connectivity index (χ0) is 10.8. The SMILES string of the molecule is Cc1cc(-c2nc(C#N)cs2)ccc1F. The van der Waals surface area contributed by atoms with Crippen LogP contribution in [0.3, 0.4) is 0 Å². The smallest absolute Gasteiger partial charge is 0.152 e. The number of benzene rings is 1. The van der Waals surface area contributed by atoms with Crippen LogP contribution < -0.4 is 0 Å². The van der Waals surface area contributed by atoms with Crippen molar-refractivity contribution in [3.8, 4) is 16.6 Å². The van der Waals surface area contributed by atoms with Crippen LogP contribution in [0.2, 0.25) is 0 Å². The van der Waals surface area contributed by atoms with Gasteiger partial charge in [-0.05, 0) is 30.7 Å². The summed E-state index contributed by atoms with van der Waals surface area (Å²) >= 11 is 1.39. The molecule has 0 atom stereocenters. The van der Waals surface area contributed by atoms with E-state index in [1.165, 1.54) is 17.4 Å². The van der Waals surface area contributed by atoms with Crippen molar-refractivity contribution in [1.82, 2.24) is 4.98 Å². The number of rotatable bonds is 1. The van der Waals surface area contributed by atoms with E-state index in [-0.39, 0.29) is 5.82 Å². The quantitative estimate of drug-likeness (QED) is 0.737. The van der Waals surface area contributed by atoms with E-state index in [1.807, 2.05) is 6.07 Å². The summed E-state index contributed by atoms with van der Waals surface area (Å²) in [4.78, 5) is 4.10. The van der Waals surface area contributed by atoms with Gasteiger partial charge in [0.1, 0.15) is 16.9 Å². The minimum Gasteiger partial charge on any atom is -0.225 e. The van der Waals surface area contributed by atoms with Crippen LogP contribution in [0.1, 0.15) is 11.3 Å². The van der Waals surface area contributed by atoms with Gasteiger partial charge in [0.25, 0.3) is 0 Å². The van der Waals surface area contributed by atoms with E-state index < -0.39 is 0 Å². The minimum absolute atomic E-state index is 0.226. The Bertz CT molecular complexity index is 540. The molecule has 0 N–H and O–H groups in total. The highest BCUT2D eigenvalue weighted by Crippen LogP contribution is 2.25. The second-order valence-electron chi connectivity index (χ2n) is 3.11. The Morgan fingerprint density at radius 1 is 1.47 bits per heavy atom. The van der Waals surface area contributed by atoms with Gasteiger partial charge in [0, 0.05) is 10.9 Å². The van der Waals surface area contributed by atoms with Crippen LogP contribution in [-0.4, -0.2) is 4.98 Å². The average Bonchev–Trinajstić information content (AvgIpc) is 2.70. The zero-order valence-electron chi connectivity index (χ0n) is 7.99. The molecule has 0 radical (unpaired) electrons. The summed E-state index contributed by atoms with van der Waals surface area (Å²) in [6.45, 7) is 1.71. The summed E-state index contributed by atoms with van der Waals surface area (Å²) in [6.07, 6.45) is 0. The third-order valence-corrected chi connectivity index (χ3v) is 2.91. The minimum atomic E-state index is -0.226. The van der Waals surface area contributed by atoms with Crippen molar-refractivity contribution < 1.29 is 4.39 Å². The molecule has 1 aromatic carbocycles. The highest BCUT2D eigenvalue weighted by Gasteiger charge is 2.05. The number of aromatic nitrogens is 1. The maximum atomic E-state index is 13.0. The standard InChI is InChI=1S/C11H7FN2S/c1-7-4-8(2-3-10(7)12)11-14-9(5-13)6-15-11/h2-4,6H,1H3. The predicted molar refractivity (Wildman–Crippen MR) is 57.0 cm³/mol. The normalized spacial score (nSPS) is 9.93. The molecule has 0 spiro atoms. The lowest BCUT2D eigenvalue weighted by atomic mass is 10.1. The van der Waals surface area contributed by atoms with Gasteiger partial charge in [-0.3, -0.25) is 0 Å². The van der Waals surface area contributed by atoms with Crippen molar-refractivity contribution in [1.29, 1.82) is 5.26 Å².